The number of fused-ring (bicyclic) bond motifs is 1. The van der Waals surface area contributed by atoms with Gasteiger partial charge >= 0.3 is 0 Å². The molecule has 0 radical (unpaired) electrons. The number of piperazine rings is 1. The van der Waals surface area contributed by atoms with Gasteiger partial charge < -0.3 is 4.74 Å². The van der Waals surface area contributed by atoms with Crippen LogP contribution < -0.4 is 5.56 Å². The molecular weight excluding hydrogens is 416 g/mol. The summed E-state index contributed by atoms with van der Waals surface area (Å²) in [6.07, 6.45) is 1.18. The standard InChI is InChI=1S/C25H32N6O2/c1-19-17-20(2)31(26-19)24-7-8-25(32)30(27-24)15-14-28-10-12-29(13-11-28)18-23-22-6-4-3-5-21(22)9-16-33-23/h3-8,17,23H,9-16,18H2,1-2H3. The summed E-state index contributed by atoms with van der Waals surface area (Å²) >= 11 is 0. The maximum absolute atomic E-state index is 12.4. The van der Waals surface area contributed by atoms with Gasteiger partial charge in [-0.1, -0.05) is 24.3 Å². The van der Waals surface area contributed by atoms with Gasteiger partial charge in [-0.3, -0.25) is 14.6 Å². The third kappa shape index (κ3) is 4.93. The molecule has 174 valence electrons. The van der Waals surface area contributed by atoms with Crippen LogP contribution in [0.25, 0.3) is 5.82 Å². The first kappa shape index (κ1) is 22.0. The highest BCUT2D eigenvalue weighted by atomic mass is 16.5. The first-order valence-electron chi connectivity index (χ1n) is 11.8. The van der Waals surface area contributed by atoms with E-state index in [0.29, 0.717) is 12.4 Å². The first-order valence-corrected chi connectivity index (χ1v) is 11.8. The molecule has 33 heavy (non-hydrogen) atoms. The molecule has 8 nitrogen and oxygen atoms in total. The molecule has 3 aromatic rings. The first-order chi connectivity index (χ1) is 16.1. The van der Waals surface area contributed by atoms with Crippen LogP contribution in [-0.4, -0.2) is 75.2 Å². The molecule has 4 heterocycles. The van der Waals surface area contributed by atoms with Crippen molar-refractivity contribution < 1.29 is 4.74 Å². The Labute approximate surface area is 194 Å². The van der Waals surface area contributed by atoms with Gasteiger partial charge in [-0.05, 0) is 43.5 Å². The lowest BCUT2D eigenvalue weighted by Crippen LogP contribution is -2.49. The Morgan fingerprint density at radius 3 is 2.55 bits per heavy atom. The summed E-state index contributed by atoms with van der Waals surface area (Å²) in [4.78, 5) is 17.3. The molecule has 1 fully saturated rings. The van der Waals surface area contributed by atoms with Crippen LogP contribution in [0.3, 0.4) is 0 Å². The number of nitrogens with zero attached hydrogens (tertiary/aromatic N) is 6. The molecule has 0 spiro atoms. The quantitative estimate of drug-likeness (QED) is 0.575. The fraction of sp³-hybridized carbons (Fsp3) is 0.480. The van der Waals surface area contributed by atoms with Gasteiger partial charge in [0.25, 0.3) is 5.56 Å². The lowest BCUT2D eigenvalue weighted by atomic mass is 9.97. The number of ether oxygens (including phenoxy) is 1. The van der Waals surface area contributed by atoms with E-state index in [1.165, 1.54) is 11.1 Å². The molecule has 0 saturated carbocycles. The maximum atomic E-state index is 12.4. The van der Waals surface area contributed by atoms with E-state index in [0.717, 1.165) is 63.7 Å². The molecule has 0 amide bonds. The molecule has 5 rings (SSSR count). The largest absolute Gasteiger partial charge is 0.372 e. The summed E-state index contributed by atoms with van der Waals surface area (Å²) < 4.78 is 9.45. The number of aryl methyl sites for hydroxylation is 2. The Kier molecular flexibility index (Phi) is 6.39. The minimum atomic E-state index is -0.0768. The second kappa shape index (κ2) is 9.59. The second-order valence-corrected chi connectivity index (χ2v) is 9.04. The maximum Gasteiger partial charge on any atom is 0.266 e. The van der Waals surface area contributed by atoms with Gasteiger partial charge in [-0.2, -0.15) is 5.10 Å². The molecule has 1 aromatic carbocycles. The van der Waals surface area contributed by atoms with Crippen molar-refractivity contribution in [2.24, 2.45) is 0 Å². The lowest BCUT2D eigenvalue weighted by molar-refractivity contribution is 0.00425. The molecule has 1 unspecified atom stereocenters. The van der Waals surface area contributed by atoms with Crippen LogP contribution in [0.1, 0.15) is 28.6 Å². The van der Waals surface area contributed by atoms with Gasteiger partial charge in [0.15, 0.2) is 5.82 Å². The second-order valence-electron chi connectivity index (χ2n) is 9.04. The van der Waals surface area contributed by atoms with Crippen LogP contribution >= 0.6 is 0 Å². The van der Waals surface area contributed by atoms with E-state index in [9.17, 15) is 4.79 Å². The summed E-state index contributed by atoms with van der Waals surface area (Å²) in [7, 11) is 0. The van der Waals surface area contributed by atoms with E-state index in [1.807, 2.05) is 19.9 Å². The molecular formula is C25H32N6O2. The number of rotatable bonds is 6. The van der Waals surface area contributed by atoms with Crippen LogP contribution in [0, 0.1) is 13.8 Å². The molecule has 0 N–H and O–H groups in total. The van der Waals surface area contributed by atoms with Gasteiger partial charge in [0, 0.05) is 51.0 Å². The number of hydrogen-bond acceptors (Lipinski definition) is 6. The Morgan fingerprint density at radius 1 is 0.970 bits per heavy atom. The molecule has 2 aromatic heterocycles. The van der Waals surface area contributed by atoms with E-state index < -0.39 is 0 Å². The van der Waals surface area contributed by atoms with Crippen LogP contribution in [0.4, 0.5) is 0 Å². The van der Waals surface area contributed by atoms with E-state index in [-0.39, 0.29) is 11.7 Å². The third-order valence-electron chi connectivity index (χ3n) is 6.69. The summed E-state index contributed by atoms with van der Waals surface area (Å²) in [6.45, 7) is 11.1. The smallest absolute Gasteiger partial charge is 0.266 e. The van der Waals surface area contributed by atoms with Crippen molar-refractivity contribution in [3.8, 4) is 5.82 Å². The van der Waals surface area contributed by atoms with Gasteiger partial charge in [0.05, 0.1) is 24.9 Å². The predicted octanol–water partition coefficient (Wildman–Crippen LogP) is 1.98. The number of hydrogen-bond donors (Lipinski definition) is 0. The zero-order valence-corrected chi connectivity index (χ0v) is 19.5. The van der Waals surface area contributed by atoms with E-state index >= 15 is 0 Å². The predicted molar refractivity (Wildman–Crippen MR) is 127 cm³/mol. The molecule has 0 bridgehead atoms. The van der Waals surface area contributed by atoms with Gasteiger partial charge in [-0.25, -0.2) is 9.36 Å². The van der Waals surface area contributed by atoms with Crippen molar-refractivity contribution >= 4 is 0 Å². The highest BCUT2D eigenvalue weighted by Gasteiger charge is 2.25. The summed E-state index contributed by atoms with van der Waals surface area (Å²) in [5.74, 6) is 0.679. The Morgan fingerprint density at radius 2 is 1.76 bits per heavy atom. The SMILES string of the molecule is Cc1cc(C)n(-c2ccc(=O)n(CCN3CCN(CC4OCCc5ccccc54)CC3)n2)n1. The number of aromatic nitrogens is 4. The fourth-order valence-corrected chi connectivity index (χ4v) is 4.87. The minimum Gasteiger partial charge on any atom is -0.372 e. The zero-order valence-electron chi connectivity index (χ0n) is 19.5. The minimum absolute atomic E-state index is 0.0768. The zero-order chi connectivity index (χ0) is 22.8. The average molecular weight is 449 g/mol. The highest BCUT2D eigenvalue weighted by molar-refractivity contribution is 5.31. The highest BCUT2D eigenvalue weighted by Crippen LogP contribution is 2.27. The van der Waals surface area contributed by atoms with Crippen molar-refractivity contribution in [3.05, 3.63) is 75.3 Å². The van der Waals surface area contributed by atoms with Crippen molar-refractivity contribution in [3.63, 3.8) is 0 Å². The summed E-state index contributed by atoms with van der Waals surface area (Å²) in [6, 6.07) is 14.0. The van der Waals surface area contributed by atoms with Gasteiger partial charge in [0.2, 0.25) is 0 Å². The van der Waals surface area contributed by atoms with Crippen molar-refractivity contribution in [2.75, 3.05) is 45.9 Å². The van der Waals surface area contributed by atoms with Crippen LogP contribution in [-0.2, 0) is 17.7 Å². The molecule has 1 saturated heterocycles. The van der Waals surface area contributed by atoms with E-state index in [2.05, 4.69) is 44.3 Å². The Hall–Kier alpha value is -2.81. The third-order valence-corrected chi connectivity index (χ3v) is 6.69. The Bertz CT molecular complexity index is 1160. The number of benzene rings is 1. The van der Waals surface area contributed by atoms with Crippen LogP contribution in [0.5, 0.6) is 0 Å². The lowest BCUT2D eigenvalue weighted by Gasteiger charge is -2.37. The summed E-state index contributed by atoms with van der Waals surface area (Å²) in [5.41, 5.74) is 4.64. The molecule has 2 aliphatic rings. The Balaban J connectivity index is 1.15. The molecule has 2 aliphatic heterocycles. The van der Waals surface area contributed by atoms with E-state index in [4.69, 9.17) is 4.74 Å². The van der Waals surface area contributed by atoms with Crippen molar-refractivity contribution in [1.82, 2.24) is 29.4 Å². The van der Waals surface area contributed by atoms with Crippen molar-refractivity contribution in [2.45, 2.75) is 32.9 Å². The fourth-order valence-electron chi connectivity index (χ4n) is 4.87. The van der Waals surface area contributed by atoms with Gasteiger partial charge in [0.1, 0.15) is 0 Å². The van der Waals surface area contributed by atoms with Crippen LogP contribution in [0.15, 0.2) is 47.3 Å². The summed E-state index contributed by atoms with van der Waals surface area (Å²) in [5, 5.41) is 9.05. The topological polar surface area (TPSA) is 68.4 Å². The molecule has 1 atom stereocenters. The van der Waals surface area contributed by atoms with Crippen molar-refractivity contribution in [1.29, 1.82) is 0 Å². The molecule has 0 aliphatic carbocycles. The van der Waals surface area contributed by atoms with Crippen LogP contribution in [0.2, 0.25) is 0 Å². The monoisotopic (exact) mass is 448 g/mol. The molecule has 8 heteroatoms. The van der Waals surface area contributed by atoms with E-state index in [1.54, 1.807) is 21.5 Å². The normalized spacial score (nSPS) is 19.5. The average Bonchev–Trinajstić information content (AvgIpc) is 3.17. The van der Waals surface area contributed by atoms with Gasteiger partial charge in [-0.15, -0.1) is 5.10 Å².